The largest absolute Gasteiger partial charge is 0.469 e. The first-order valence-corrected chi connectivity index (χ1v) is 9.84. The van der Waals surface area contributed by atoms with Crippen LogP contribution < -0.4 is 0 Å². The van der Waals surface area contributed by atoms with Crippen LogP contribution in [0.15, 0.2) is 36.5 Å². The highest BCUT2D eigenvalue weighted by Crippen LogP contribution is 2.62. The molecule has 0 N–H and O–H groups in total. The number of hydrogen-bond acceptors (Lipinski definition) is 4. The summed E-state index contributed by atoms with van der Waals surface area (Å²) >= 11 is 0. The molecule has 0 unspecified atom stereocenters. The van der Waals surface area contributed by atoms with Gasteiger partial charge in [-0.25, -0.2) is 0 Å². The standard InChI is InChI=1S/C23H34O4/c1-8-15(2)14-18(27-17(4)24)20-16(3)10-11-19-22(20,5)12-9-13-23(19,6)21(25)26-7/h8,14,18-20H,1,3,9-13H2,2,4-7H3/b15-14+/t18-,19-,20-,22+,23-/m1/s1. The molecule has 5 atom stereocenters. The second-order valence-electron chi connectivity index (χ2n) is 8.68. The van der Waals surface area contributed by atoms with E-state index in [0.717, 1.165) is 43.3 Å². The molecular formula is C23H34O4. The minimum absolute atomic E-state index is 0.0284. The van der Waals surface area contributed by atoms with E-state index >= 15 is 0 Å². The van der Waals surface area contributed by atoms with Crippen LogP contribution in [0, 0.1) is 22.7 Å². The number of ether oxygens (including phenoxy) is 2. The molecule has 0 saturated heterocycles. The Balaban J connectivity index is 2.53. The maximum Gasteiger partial charge on any atom is 0.311 e. The van der Waals surface area contributed by atoms with Gasteiger partial charge < -0.3 is 9.47 Å². The first-order chi connectivity index (χ1) is 12.6. The summed E-state index contributed by atoms with van der Waals surface area (Å²) < 4.78 is 10.9. The molecule has 27 heavy (non-hydrogen) atoms. The van der Waals surface area contributed by atoms with E-state index in [1.165, 1.54) is 14.0 Å². The van der Waals surface area contributed by atoms with Gasteiger partial charge in [0.2, 0.25) is 0 Å². The van der Waals surface area contributed by atoms with Crippen molar-refractivity contribution < 1.29 is 19.1 Å². The molecule has 4 heteroatoms. The predicted molar refractivity (Wildman–Crippen MR) is 107 cm³/mol. The third-order valence-electron chi connectivity index (χ3n) is 6.91. The number of methoxy groups -OCH3 is 1. The van der Waals surface area contributed by atoms with Crippen LogP contribution in [-0.4, -0.2) is 25.2 Å². The Morgan fingerprint density at radius 2 is 1.93 bits per heavy atom. The molecule has 2 aliphatic rings. The van der Waals surface area contributed by atoms with Crippen molar-refractivity contribution in [2.75, 3.05) is 7.11 Å². The first kappa shape index (κ1) is 21.5. The lowest BCUT2D eigenvalue weighted by atomic mass is 9.46. The molecule has 150 valence electrons. The Bertz CT molecular complexity index is 661. The van der Waals surface area contributed by atoms with E-state index in [4.69, 9.17) is 9.47 Å². The molecule has 0 aromatic carbocycles. The fraction of sp³-hybridized carbons (Fsp3) is 0.652. The van der Waals surface area contributed by atoms with Crippen molar-refractivity contribution in [1.82, 2.24) is 0 Å². The lowest BCUT2D eigenvalue weighted by Crippen LogP contribution is -2.56. The predicted octanol–water partition coefficient (Wildman–Crippen LogP) is 5.00. The first-order valence-electron chi connectivity index (χ1n) is 9.84. The lowest BCUT2D eigenvalue weighted by Gasteiger charge is -2.58. The van der Waals surface area contributed by atoms with Crippen LogP contribution in [0.25, 0.3) is 0 Å². The van der Waals surface area contributed by atoms with E-state index in [-0.39, 0.29) is 29.2 Å². The number of hydrogen-bond donors (Lipinski definition) is 0. The van der Waals surface area contributed by atoms with E-state index in [1.54, 1.807) is 6.08 Å². The van der Waals surface area contributed by atoms with Gasteiger partial charge in [0.1, 0.15) is 6.10 Å². The number of fused-ring (bicyclic) bond motifs is 1. The minimum atomic E-state index is -0.515. The van der Waals surface area contributed by atoms with Crippen molar-refractivity contribution >= 4 is 11.9 Å². The SMILES string of the molecule is C=C/C(C)=C/[C@@H](OC(C)=O)[C@H]1C(=C)CC[C@@H]2[C@]1(C)CCC[C@@]2(C)C(=O)OC. The van der Waals surface area contributed by atoms with E-state index in [1.807, 2.05) is 19.9 Å². The van der Waals surface area contributed by atoms with Crippen LogP contribution in [0.4, 0.5) is 0 Å². The zero-order valence-electron chi connectivity index (χ0n) is 17.5. The van der Waals surface area contributed by atoms with Crippen LogP contribution in [0.5, 0.6) is 0 Å². The molecule has 0 aromatic heterocycles. The van der Waals surface area contributed by atoms with Crippen molar-refractivity contribution in [2.45, 2.75) is 65.9 Å². The summed E-state index contributed by atoms with van der Waals surface area (Å²) in [6.45, 7) is 15.8. The van der Waals surface area contributed by atoms with Gasteiger partial charge in [0.25, 0.3) is 0 Å². The van der Waals surface area contributed by atoms with Crippen molar-refractivity contribution in [3.8, 4) is 0 Å². The minimum Gasteiger partial charge on any atom is -0.469 e. The number of rotatable bonds is 5. The summed E-state index contributed by atoms with van der Waals surface area (Å²) in [5.41, 5.74) is 1.36. The van der Waals surface area contributed by atoms with E-state index in [9.17, 15) is 9.59 Å². The fourth-order valence-electron chi connectivity index (χ4n) is 5.69. The number of carbonyl (C=O) groups is 2. The lowest BCUT2D eigenvalue weighted by molar-refractivity contribution is -0.173. The molecule has 0 aliphatic heterocycles. The molecular weight excluding hydrogens is 340 g/mol. The summed E-state index contributed by atoms with van der Waals surface area (Å²) in [6.07, 6.45) is 7.83. The van der Waals surface area contributed by atoms with Crippen LogP contribution in [0.3, 0.4) is 0 Å². The molecule has 0 heterocycles. The molecule has 2 fully saturated rings. The average Bonchev–Trinajstić information content (AvgIpc) is 2.59. The Kier molecular flexibility index (Phi) is 6.39. The smallest absolute Gasteiger partial charge is 0.311 e. The Morgan fingerprint density at radius 3 is 2.48 bits per heavy atom. The third-order valence-corrected chi connectivity index (χ3v) is 6.91. The van der Waals surface area contributed by atoms with Gasteiger partial charge in [-0.15, -0.1) is 0 Å². The summed E-state index contributed by atoms with van der Waals surface area (Å²) in [5, 5.41) is 0. The Morgan fingerprint density at radius 1 is 1.26 bits per heavy atom. The molecule has 0 bridgehead atoms. The van der Waals surface area contributed by atoms with Gasteiger partial charge in [-0.05, 0) is 56.9 Å². The van der Waals surface area contributed by atoms with Crippen molar-refractivity contribution in [2.24, 2.45) is 22.7 Å². The van der Waals surface area contributed by atoms with Crippen molar-refractivity contribution in [1.29, 1.82) is 0 Å². The van der Waals surface area contributed by atoms with E-state index in [0.29, 0.717) is 0 Å². The summed E-state index contributed by atoms with van der Waals surface area (Å²) in [5.74, 6) is -0.304. The monoisotopic (exact) mass is 374 g/mol. The van der Waals surface area contributed by atoms with E-state index < -0.39 is 11.5 Å². The van der Waals surface area contributed by atoms with Gasteiger partial charge in [0.15, 0.2) is 0 Å². The summed E-state index contributed by atoms with van der Waals surface area (Å²) in [7, 11) is 1.47. The molecule has 0 amide bonds. The van der Waals surface area contributed by atoms with Gasteiger partial charge in [-0.3, -0.25) is 9.59 Å². The van der Waals surface area contributed by atoms with Gasteiger partial charge in [0.05, 0.1) is 12.5 Å². The molecule has 0 radical (unpaired) electrons. The third kappa shape index (κ3) is 3.90. The van der Waals surface area contributed by atoms with Gasteiger partial charge in [-0.1, -0.05) is 43.7 Å². The maximum atomic E-state index is 12.7. The average molecular weight is 375 g/mol. The number of esters is 2. The molecule has 0 spiro atoms. The Labute approximate surface area is 163 Å². The fourth-order valence-corrected chi connectivity index (χ4v) is 5.69. The molecule has 4 nitrogen and oxygen atoms in total. The van der Waals surface area contributed by atoms with E-state index in [2.05, 4.69) is 20.1 Å². The van der Waals surface area contributed by atoms with Crippen LogP contribution in [0.1, 0.15) is 59.8 Å². The van der Waals surface area contributed by atoms with Gasteiger partial charge >= 0.3 is 11.9 Å². The molecule has 2 saturated carbocycles. The van der Waals surface area contributed by atoms with Crippen LogP contribution >= 0.6 is 0 Å². The zero-order valence-corrected chi connectivity index (χ0v) is 17.5. The molecule has 2 rings (SSSR count). The summed E-state index contributed by atoms with van der Waals surface area (Å²) in [4.78, 5) is 24.5. The van der Waals surface area contributed by atoms with Crippen molar-refractivity contribution in [3.63, 3.8) is 0 Å². The van der Waals surface area contributed by atoms with Gasteiger partial charge in [0, 0.05) is 12.8 Å². The second kappa shape index (κ2) is 8.04. The topological polar surface area (TPSA) is 52.6 Å². The highest BCUT2D eigenvalue weighted by molar-refractivity contribution is 5.77. The summed E-state index contributed by atoms with van der Waals surface area (Å²) in [6, 6.07) is 0. The second-order valence-corrected chi connectivity index (χ2v) is 8.68. The zero-order chi connectivity index (χ0) is 20.4. The van der Waals surface area contributed by atoms with Crippen LogP contribution in [0.2, 0.25) is 0 Å². The number of allylic oxidation sites excluding steroid dienone is 2. The Hall–Kier alpha value is -1.84. The number of carbonyl (C=O) groups excluding carboxylic acids is 2. The van der Waals surface area contributed by atoms with Gasteiger partial charge in [-0.2, -0.15) is 0 Å². The normalized spacial score (nSPS) is 35.0. The van der Waals surface area contributed by atoms with Crippen molar-refractivity contribution in [3.05, 3.63) is 36.5 Å². The maximum absolute atomic E-state index is 12.7. The quantitative estimate of drug-likeness (QED) is 0.386. The highest BCUT2D eigenvalue weighted by atomic mass is 16.5. The van der Waals surface area contributed by atoms with Crippen LogP contribution in [-0.2, 0) is 19.1 Å². The molecule has 2 aliphatic carbocycles. The molecule has 0 aromatic rings. The highest BCUT2D eigenvalue weighted by Gasteiger charge is 2.59.